The maximum Gasteiger partial charge on any atom is 0.261 e. The van der Waals surface area contributed by atoms with Crippen LogP contribution in [0.2, 0.25) is 5.04 Å². The molecule has 1 aliphatic rings. The lowest BCUT2D eigenvalue weighted by Gasteiger charge is -2.45. The molecule has 1 unspecified atom stereocenters. The van der Waals surface area contributed by atoms with Gasteiger partial charge in [-0.2, -0.15) is 0 Å². The highest BCUT2D eigenvalue weighted by Crippen LogP contribution is 2.39. The zero-order valence-electron chi connectivity index (χ0n) is 19.1. The number of quaternary nitrogens is 1. The number of nitrogens with zero attached hydrogens (tertiary/aromatic N) is 1. The third kappa shape index (κ3) is 4.44. The molecule has 0 spiro atoms. The van der Waals surface area contributed by atoms with Crippen molar-refractivity contribution in [3.05, 3.63) is 102 Å². The largest absolute Gasteiger partial charge is 0.632 e. The van der Waals surface area contributed by atoms with Crippen molar-refractivity contribution in [3.8, 4) is 0 Å². The minimum absolute atomic E-state index is 0.151. The summed E-state index contributed by atoms with van der Waals surface area (Å²) in [6.45, 7) is 7.38. The molecule has 1 heterocycles. The monoisotopic (exact) mass is 447 g/mol. The first-order chi connectivity index (χ1) is 15.2. The molecular weight excluding hydrogens is 414 g/mol. The van der Waals surface area contributed by atoms with Gasteiger partial charge in [0.1, 0.15) is 31.8 Å². The van der Waals surface area contributed by atoms with Gasteiger partial charge >= 0.3 is 0 Å². The van der Waals surface area contributed by atoms with Gasteiger partial charge in [0.2, 0.25) is 0 Å². The van der Waals surface area contributed by atoms with Crippen molar-refractivity contribution in [2.45, 2.75) is 44.6 Å². The number of likely N-dealkylation sites (tertiary alicyclic amines) is 1. The van der Waals surface area contributed by atoms with Crippen LogP contribution in [-0.4, -0.2) is 43.4 Å². The van der Waals surface area contributed by atoms with E-state index in [2.05, 4.69) is 45.0 Å². The molecular formula is C27H33NO3Si. The van der Waals surface area contributed by atoms with Crippen LogP contribution in [0.5, 0.6) is 0 Å². The predicted octanol–water partition coefficient (Wildman–Crippen LogP) is 3.82. The second-order valence-electron chi connectivity index (χ2n) is 9.95. The van der Waals surface area contributed by atoms with Crippen molar-refractivity contribution in [2.75, 3.05) is 13.1 Å². The molecule has 5 heteroatoms. The summed E-state index contributed by atoms with van der Waals surface area (Å²) in [5, 5.41) is 26.7. The summed E-state index contributed by atoms with van der Waals surface area (Å²) in [5.41, 5.74) is 0.987. The van der Waals surface area contributed by atoms with E-state index in [1.165, 1.54) is 0 Å². The minimum Gasteiger partial charge on any atom is -0.632 e. The lowest BCUT2D eigenvalue weighted by Crippen LogP contribution is -2.68. The Labute approximate surface area is 192 Å². The number of rotatable bonds is 6. The molecule has 0 radical (unpaired) electrons. The van der Waals surface area contributed by atoms with Crippen LogP contribution in [0.15, 0.2) is 91.0 Å². The van der Waals surface area contributed by atoms with E-state index in [0.717, 1.165) is 15.9 Å². The van der Waals surface area contributed by atoms with E-state index in [0.29, 0.717) is 6.54 Å². The van der Waals surface area contributed by atoms with Gasteiger partial charge in [-0.15, -0.1) is 0 Å². The molecule has 32 heavy (non-hydrogen) atoms. The quantitative estimate of drug-likeness (QED) is 0.355. The van der Waals surface area contributed by atoms with E-state index in [9.17, 15) is 10.3 Å². The molecule has 3 aromatic rings. The maximum atomic E-state index is 13.6. The first kappa shape index (κ1) is 22.9. The third-order valence-electron chi connectivity index (χ3n) is 6.52. The Morgan fingerprint density at radius 1 is 0.844 bits per heavy atom. The van der Waals surface area contributed by atoms with Gasteiger partial charge in [0.25, 0.3) is 8.32 Å². The highest BCUT2D eigenvalue weighted by atomic mass is 28.4. The van der Waals surface area contributed by atoms with Gasteiger partial charge in [0.15, 0.2) is 0 Å². The van der Waals surface area contributed by atoms with Gasteiger partial charge in [-0.05, 0) is 15.4 Å². The van der Waals surface area contributed by atoms with Gasteiger partial charge in [-0.3, -0.25) is 0 Å². The molecule has 1 N–H and O–H groups in total. The molecule has 0 bridgehead atoms. The van der Waals surface area contributed by atoms with Crippen LogP contribution in [-0.2, 0) is 11.0 Å². The lowest BCUT2D eigenvalue weighted by atomic mass is 10.2. The molecule has 0 saturated carbocycles. The molecule has 0 amide bonds. The summed E-state index contributed by atoms with van der Waals surface area (Å²) in [6, 6.07) is 30.5. The average molecular weight is 448 g/mol. The minimum atomic E-state index is -2.82. The van der Waals surface area contributed by atoms with E-state index in [-0.39, 0.29) is 18.1 Å². The van der Waals surface area contributed by atoms with Crippen molar-refractivity contribution in [1.29, 1.82) is 0 Å². The summed E-state index contributed by atoms with van der Waals surface area (Å²) < 4.78 is 6.59. The van der Waals surface area contributed by atoms with Crippen molar-refractivity contribution in [1.82, 2.24) is 0 Å². The Kier molecular flexibility index (Phi) is 6.39. The fourth-order valence-electron chi connectivity index (χ4n) is 5.06. The van der Waals surface area contributed by atoms with Crippen LogP contribution in [0, 0.1) is 5.21 Å². The Morgan fingerprint density at radius 3 is 1.78 bits per heavy atom. The molecule has 4 rings (SSSR count). The van der Waals surface area contributed by atoms with Crippen molar-refractivity contribution in [2.24, 2.45) is 0 Å². The summed E-state index contributed by atoms with van der Waals surface area (Å²) in [5.74, 6) is 0. The topological polar surface area (TPSA) is 52.5 Å². The number of aliphatic hydroxyl groups excluding tert-OH is 1. The standard InChI is InChI=1S/C27H33NO3Si/c1-27(2,3)32(23-15-9-5-10-16-23,24-17-11-6-12-18-24)31-26-21-28(30,20-25(26)29)19-22-13-7-4-8-14-22/h4-18,25-26,29H,19-21H2,1-3H3/t25-,26-,28?/m0/s1. The smallest absolute Gasteiger partial charge is 0.261 e. The van der Waals surface area contributed by atoms with Crippen LogP contribution in [0.25, 0.3) is 0 Å². The van der Waals surface area contributed by atoms with Crippen molar-refractivity contribution < 1.29 is 14.2 Å². The van der Waals surface area contributed by atoms with Crippen LogP contribution < -0.4 is 10.4 Å². The Bertz CT molecular complexity index is 968. The highest BCUT2D eigenvalue weighted by Gasteiger charge is 2.54. The van der Waals surface area contributed by atoms with Gasteiger partial charge < -0.3 is 19.4 Å². The zero-order valence-corrected chi connectivity index (χ0v) is 20.1. The Hall–Kier alpha value is -2.28. The maximum absolute atomic E-state index is 13.6. The van der Waals surface area contributed by atoms with Crippen LogP contribution in [0.1, 0.15) is 26.3 Å². The summed E-state index contributed by atoms with van der Waals surface area (Å²) in [4.78, 5) is 0. The van der Waals surface area contributed by atoms with Crippen molar-refractivity contribution in [3.63, 3.8) is 0 Å². The fraction of sp³-hybridized carbons (Fsp3) is 0.333. The van der Waals surface area contributed by atoms with E-state index >= 15 is 0 Å². The SMILES string of the molecule is CC(C)(C)[Si](O[C@H]1C[N+]([O-])(Cc2ccccc2)C[C@@H]1O)(c1ccccc1)c1ccccc1. The second-order valence-corrected chi connectivity index (χ2v) is 14.2. The molecule has 0 aromatic heterocycles. The van der Waals surface area contributed by atoms with Crippen LogP contribution in [0.4, 0.5) is 0 Å². The second kappa shape index (κ2) is 8.93. The third-order valence-corrected chi connectivity index (χ3v) is 11.6. The number of hydrogen-bond acceptors (Lipinski definition) is 3. The lowest BCUT2D eigenvalue weighted by molar-refractivity contribution is -0.884. The molecule has 1 saturated heterocycles. The number of hydrogen-bond donors (Lipinski definition) is 1. The molecule has 1 aliphatic heterocycles. The Balaban J connectivity index is 1.72. The summed E-state index contributed by atoms with van der Waals surface area (Å²) in [6.07, 6.45) is -1.31. The summed E-state index contributed by atoms with van der Waals surface area (Å²) >= 11 is 0. The Morgan fingerprint density at radius 2 is 1.31 bits per heavy atom. The molecule has 3 aromatic carbocycles. The summed E-state index contributed by atoms with van der Waals surface area (Å²) in [7, 11) is -2.82. The van der Waals surface area contributed by atoms with Gasteiger partial charge in [-0.1, -0.05) is 112 Å². The van der Waals surface area contributed by atoms with E-state index in [4.69, 9.17) is 4.43 Å². The van der Waals surface area contributed by atoms with E-state index < -0.39 is 25.2 Å². The zero-order chi connectivity index (χ0) is 22.8. The molecule has 168 valence electrons. The van der Waals surface area contributed by atoms with Gasteiger partial charge in [0.05, 0.1) is 0 Å². The number of aliphatic hydroxyl groups is 1. The normalized spacial score (nSPS) is 23.9. The highest BCUT2D eigenvalue weighted by molar-refractivity contribution is 6.99. The predicted molar refractivity (Wildman–Crippen MR) is 132 cm³/mol. The number of hydroxylamine groups is 3. The number of benzene rings is 3. The van der Waals surface area contributed by atoms with E-state index in [1.54, 1.807) is 0 Å². The van der Waals surface area contributed by atoms with Gasteiger partial charge in [0, 0.05) is 5.56 Å². The van der Waals surface area contributed by atoms with Gasteiger partial charge in [-0.25, -0.2) is 0 Å². The first-order valence-corrected chi connectivity index (χ1v) is 13.2. The molecule has 0 aliphatic carbocycles. The van der Waals surface area contributed by atoms with Crippen LogP contribution in [0.3, 0.4) is 0 Å². The average Bonchev–Trinajstić information content (AvgIpc) is 3.05. The molecule has 1 fully saturated rings. The fourth-order valence-corrected chi connectivity index (χ4v) is 9.76. The van der Waals surface area contributed by atoms with Crippen molar-refractivity contribution >= 4 is 18.7 Å². The molecule has 3 atom stereocenters. The first-order valence-electron chi connectivity index (χ1n) is 11.3. The molecule has 4 nitrogen and oxygen atoms in total. The van der Waals surface area contributed by atoms with Crippen LogP contribution >= 0.6 is 0 Å². The van der Waals surface area contributed by atoms with E-state index in [1.807, 2.05) is 66.7 Å².